The van der Waals surface area contributed by atoms with Crippen LogP contribution in [0.3, 0.4) is 0 Å². The average Bonchev–Trinajstić information content (AvgIpc) is 3.03. The van der Waals surface area contributed by atoms with Crippen LogP contribution < -0.4 is 10.4 Å². The number of ether oxygens (including phenoxy) is 1. The molecule has 194 valence electrons. The number of methoxy groups -OCH3 is 1. The zero-order valence-electron chi connectivity index (χ0n) is 23.3. The molecule has 0 aromatic heterocycles. The van der Waals surface area contributed by atoms with Gasteiger partial charge in [-0.2, -0.15) is 0 Å². The van der Waals surface area contributed by atoms with Crippen LogP contribution in [-0.2, 0) is 23.3 Å². The van der Waals surface area contributed by atoms with E-state index in [2.05, 4.69) is 69.3 Å². The first-order valence-electron chi connectivity index (χ1n) is 12.6. The van der Waals surface area contributed by atoms with Crippen LogP contribution in [0.2, 0.25) is 11.4 Å². The quantitative estimate of drug-likeness (QED) is 0.281. The maximum absolute atomic E-state index is 12.9. The molecule has 0 spiro atoms. The van der Waals surface area contributed by atoms with Crippen LogP contribution in [0.4, 0.5) is 0 Å². The minimum absolute atomic E-state index is 0.160. The van der Waals surface area contributed by atoms with E-state index in [-0.39, 0.29) is 11.0 Å². The molecule has 0 amide bonds. The molecule has 36 heavy (non-hydrogen) atoms. The van der Waals surface area contributed by atoms with E-state index in [4.69, 9.17) is 18.5 Å². The van der Waals surface area contributed by atoms with Gasteiger partial charge in [-0.15, -0.1) is 0 Å². The fraction of sp³-hybridized carbons (Fsp3) is 0.483. The van der Waals surface area contributed by atoms with Gasteiger partial charge in [0, 0.05) is 11.9 Å². The summed E-state index contributed by atoms with van der Waals surface area (Å²) >= 11 is 0. The average molecular weight is 509 g/mol. The molecule has 1 saturated heterocycles. The molecule has 7 heteroatoms. The molecule has 3 rings (SSSR count). The van der Waals surface area contributed by atoms with Crippen molar-refractivity contribution in [3.05, 3.63) is 71.8 Å². The normalized spacial score (nSPS) is 18.1. The second-order valence-electron chi connectivity index (χ2n) is 11.6. The molecular weight excluding hydrogens is 467 g/mol. The Morgan fingerprint density at radius 2 is 1.33 bits per heavy atom. The second kappa shape index (κ2) is 10.7. The van der Waals surface area contributed by atoms with E-state index in [1.807, 2.05) is 46.8 Å². The summed E-state index contributed by atoms with van der Waals surface area (Å²) < 4.78 is 24.6. The summed E-state index contributed by atoms with van der Waals surface area (Å²) in [6.07, 6.45) is 0.301. The number of hydrogen-bond acceptors (Lipinski definition) is 5. The van der Waals surface area contributed by atoms with Crippen molar-refractivity contribution in [2.24, 2.45) is 0 Å². The summed E-state index contributed by atoms with van der Waals surface area (Å²) in [5.74, 6) is -0.381. The van der Waals surface area contributed by atoms with Gasteiger partial charge in [0.15, 0.2) is 0 Å². The molecule has 0 aliphatic carbocycles. The smallest absolute Gasteiger partial charge is 0.462 e. The Morgan fingerprint density at radius 3 is 1.72 bits per heavy atom. The first kappa shape index (κ1) is 28.4. The SMILES string of the molecule is COC(=O)/C(CB1OC(C)(C)C(C)(C)O1)=C(\C)CO[Si](c1ccccc1)(c1ccccc1)C(C)(C)C. The Kier molecular flexibility index (Phi) is 8.40. The predicted molar refractivity (Wildman–Crippen MR) is 149 cm³/mol. The number of rotatable bonds is 8. The van der Waals surface area contributed by atoms with Crippen molar-refractivity contribution >= 4 is 31.8 Å². The molecular formula is C29H41BO5Si. The van der Waals surface area contributed by atoms with Crippen LogP contribution >= 0.6 is 0 Å². The monoisotopic (exact) mass is 508 g/mol. The summed E-state index contributed by atoms with van der Waals surface area (Å²) in [5.41, 5.74) is 0.412. The molecule has 1 aliphatic rings. The van der Waals surface area contributed by atoms with E-state index < -0.39 is 26.6 Å². The number of esters is 1. The van der Waals surface area contributed by atoms with Gasteiger partial charge in [-0.3, -0.25) is 0 Å². The van der Waals surface area contributed by atoms with Crippen molar-refractivity contribution in [3.8, 4) is 0 Å². The molecule has 0 unspecified atom stereocenters. The summed E-state index contributed by atoms with van der Waals surface area (Å²) in [6.45, 7) is 17.0. The Labute approximate surface area is 218 Å². The lowest BCUT2D eigenvalue weighted by molar-refractivity contribution is -0.136. The Balaban J connectivity index is 2.01. The highest BCUT2D eigenvalue weighted by molar-refractivity contribution is 6.99. The van der Waals surface area contributed by atoms with Gasteiger partial charge >= 0.3 is 13.1 Å². The van der Waals surface area contributed by atoms with E-state index in [1.165, 1.54) is 17.5 Å². The van der Waals surface area contributed by atoms with Crippen LogP contribution in [0.25, 0.3) is 0 Å². The zero-order chi connectivity index (χ0) is 26.8. The number of hydrogen-bond donors (Lipinski definition) is 0. The van der Waals surface area contributed by atoms with E-state index in [1.54, 1.807) is 0 Å². The highest BCUT2D eigenvalue weighted by Crippen LogP contribution is 2.40. The minimum Gasteiger partial charge on any atom is -0.466 e. The van der Waals surface area contributed by atoms with Crippen LogP contribution in [-0.4, -0.2) is 46.3 Å². The highest BCUT2D eigenvalue weighted by atomic mass is 28.4. The van der Waals surface area contributed by atoms with E-state index >= 15 is 0 Å². The first-order valence-corrected chi connectivity index (χ1v) is 14.5. The molecule has 2 aromatic carbocycles. The van der Waals surface area contributed by atoms with E-state index in [0.29, 0.717) is 18.5 Å². The lowest BCUT2D eigenvalue weighted by atomic mass is 9.79. The van der Waals surface area contributed by atoms with Crippen LogP contribution in [0, 0.1) is 0 Å². The fourth-order valence-corrected chi connectivity index (χ4v) is 9.42. The number of benzene rings is 2. The van der Waals surface area contributed by atoms with Gasteiger partial charge in [0.2, 0.25) is 0 Å². The summed E-state index contributed by atoms with van der Waals surface area (Å²) in [7, 11) is -1.87. The third-order valence-electron chi connectivity index (χ3n) is 7.54. The number of carbonyl (C=O) groups excluding carboxylic acids is 1. The third-order valence-corrected chi connectivity index (χ3v) is 12.5. The predicted octanol–water partition coefficient (Wildman–Crippen LogP) is 5.14. The molecule has 0 N–H and O–H groups in total. The van der Waals surface area contributed by atoms with E-state index in [0.717, 1.165) is 5.57 Å². The molecule has 0 saturated carbocycles. The molecule has 1 aliphatic heterocycles. The Hall–Kier alpha value is -2.19. The lowest BCUT2D eigenvalue weighted by Gasteiger charge is -2.43. The summed E-state index contributed by atoms with van der Waals surface area (Å²) in [5, 5.41) is 2.23. The number of carbonyl (C=O) groups is 1. The van der Waals surface area contributed by atoms with Gasteiger partial charge in [-0.05, 0) is 55.6 Å². The van der Waals surface area contributed by atoms with Crippen molar-refractivity contribution in [1.29, 1.82) is 0 Å². The van der Waals surface area contributed by atoms with Crippen molar-refractivity contribution in [2.75, 3.05) is 13.7 Å². The molecule has 1 heterocycles. The molecule has 2 aromatic rings. The Bertz CT molecular complexity index is 1020. The standard InChI is InChI=1S/C29H41BO5Si/c1-22(25(26(31)32-9)20-30-34-28(5,6)29(7,8)35-30)21-33-36(27(2,3)4,23-16-12-10-13-17-23)24-18-14-11-15-19-24/h10-19H,20-21H2,1-9H3/b25-22+. The van der Waals surface area contributed by atoms with Gasteiger partial charge in [0.05, 0.1) is 24.9 Å². The molecule has 0 bridgehead atoms. The summed E-state index contributed by atoms with van der Waals surface area (Å²) in [4.78, 5) is 12.9. The maximum atomic E-state index is 12.9. The highest BCUT2D eigenvalue weighted by Gasteiger charge is 2.52. The van der Waals surface area contributed by atoms with Crippen molar-refractivity contribution in [1.82, 2.24) is 0 Å². The Morgan fingerprint density at radius 1 is 0.889 bits per heavy atom. The lowest BCUT2D eigenvalue weighted by Crippen LogP contribution is -2.66. The van der Waals surface area contributed by atoms with Crippen molar-refractivity contribution in [2.45, 2.75) is 78.0 Å². The second-order valence-corrected chi connectivity index (χ2v) is 15.9. The third kappa shape index (κ3) is 5.54. The molecule has 5 nitrogen and oxygen atoms in total. The topological polar surface area (TPSA) is 54.0 Å². The van der Waals surface area contributed by atoms with Gasteiger partial charge in [0.1, 0.15) is 0 Å². The largest absolute Gasteiger partial charge is 0.466 e. The molecule has 1 fully saturated rings. The van der Waals surface area contributed by atoms with Crippen LogP contribution in [0.15, 0.2) is 71.8 Å². The fourth-order valence-electron chi connectivity index (χ4n) is 4.84. The molecule has 0 atom stereocenters. The van der Waals surface area contributed by atoms with E-state index in [9.17, 15) is 4.79 Å². The first-order chi connectivity index (χ1) is 16.7. The maximum Gasteiger partial charge on any atom is 0.462 e. The van der Waals surface area contributed by atoms with Gasteiger partial charge in [-0.1, -0.05) is 81.4 Å². The van der Waals surface area contributed by atoms with Gasteiger partial charge < -0.3 is 18.5 Å². The minimum atomic E-state index is -2.74. The molecule has 0 radical (unpaired) electrons. The summed E-state index contributed by atoms with van der Waals surface area (Å²) in [6, 6.07) is 21.0. The van der Waals surface area contributed by atoms with Crippen LogP contribution in [0.5, 0.6) is 0 Å². The zero-order valence-corrected chi connectivity index (χ0v) is 24.3. The van der Waals surface area contributed by atoms with Gasteiger partial charge in [-0.25, -0.2) is 4.79 Å². The van der Waals surface area contributed by atoms with Crippen molar-refractivity contribution < 1.29 is 23.3 Å². The van der Waals surface area contributed by atoms with Crippen LogP contribution in [0.1, 0.15) is 55.4 Å². The van der Waals surface area contributed by atoms with Gasteiger partial charge in [0.25, 0.3) is 8.32 Å². The van der Waals surface area contributed by atoms with Crippen molar-refractivity contribution in [3.63, 3.8) is 0 Å².